The predicted octanol–water partition coefficient (Wildman–Crippen LogP) is 6.41. The van der Waals surface area contributed by atoms with E-state index in [4.69, 9.17) is 9.47 Å². The summed E-state index contributed by atoms with van der Waals surface area (Å²) >= 11 is 0. The third-order valence-corrected chi connectivity index (χ3v) is 8.78. The number of hydrogen-bond donors (Lipinski definition) is 1. The molecule has 1 saturated carbocycles. The minimum Gasteiger partial charge on any atom is -0.494 e. The van der Waals surface area contributed by atoms with Crippen LogP contribution in [0.5, 0.6) is 5.75 Å². The summed E-state index contributed by atoms with van der Waals surface area (Å²) in [5, 5.41) is 3.35. The summed E-state index contributed by atoms with van der Waals surface area (Å²) in [5.41, 5.74) is 0.695. The van der Waals surface area contributed by atoms with E-state index in [1.807, 2.05) is 20.8 Å². The Balaban J connectivity index is 1.43. The van der Waals surface area contributed by atoms with Crippen LogP contribution in [0.4, 0.5) is 23.5 Å². The van der Waals surface area contributed by atoms with Crippen LogP contribution in [0.3, 0.4) is 0 Å². The second kappa shape index (κ2) is 13.2. The first kappa shape index (κ1) is 33.3. The second-order valence-electron chi connectivity index (χ2n) is 12.1. The predicted molar refractivity (Wildman–Crippen MR) is 157 cm³/mol. The number of esters is 1. The largest absolute Gasteiger partial charge is 0.494 e. The van der Waals surface area contributed by atoms with E-state index in [1.165, 1.54) is 25.4 Å². The van der Waals surface area contributed by atoms with Gasteiger partial charge in [-0.05, 0) is 58.4 Å². The van der Waals surface area contributed by atoms with Crippen LogP contribution >= 0.6 is 0 Å². The quantitative estimate of drug-likeness (QED) is 0.198. The van der Waals surface area contributed by atoms with Crippen molar-refractivity contribution in [2.45, 2.75) is 82.9 Å². The van der Waals surface area contributed by atoms with Crippen molar-refractivity contribution in [3.8, 4) is 17.0 Å². The maximum absolute atomic E-state index is 14.9. The first-order valence-electron chi connectivity index (χ1n) is 14.3. The van der Waals surface area contributed by atoms with Crippen LogP contribution in [-0.4, -0.2) is 60.0 Å². The molecule has 0 spiro atoms. The van der Waals surface area contributed by atoms with Gasteiger partial charge in [-0.2, -0.15) is 13.2 Å². The Kier molecular flexibility index (Phi) is 10.0. The maximum atomic E-state index is 14.9. The lowest BCUT2D eigenvalue weighted by molar-refractivity contribution is -0.156. The average Bonchev–Trinajstić information content (AvgIpc) is 2.92. The number of hydrogen-bond acceptors (Lipinski definition) is 9. The van der Waals surface area contributed by atoms with E-state index in [1.54, 1.807) is 6.07 Å². The molecule has 2 aromatic heterocycles. The molecule has 0 atom stereocenters. The number of carbonyl (C=O) groups excluding carboxylic acids is 1. The lowest BCUT2D eigenvalue weighted by Gasteiger charge is -2.29. The van der Waals surface area contributed by atoms with Crippen molar-refractivity contribution in [1.82, 2.24) is 15.0 Å². The number of halogens is 4. The lowest BCUT2D eigenvalue weighted by atomic mass is 9.84. The maximum Gasteiger partial charge on any atom is 0.390 e. The van der Waals surface area contributed by atoms with Gasteiger partial charge >= 0.3 is 12.1 Å². The first-order chi connectivity index (χ1) is 20.5. The number of carbonyl (C=O) groups is 1. The van der Waals surface area contributed by atoms with Crippen molar-refractivity contribution in [1.29, 1.82) is 0 Å². The molecule has 3 aromatic rings. The van der Waals surface area contributed by atoms with E-state index >= 15 is 0 Å². The molecule has 1 aliphatic carbocycles. The molecule has 240 valence electrons. The molecule has 0 unspecified atom stereocenters. The Hall–Kier alpha value is -3.55. The SMILES string of the molecule is COc1cc(-c2ccc(CS(=O)(=O)CCC(F)(F)F)c(F)c2)nc2cnc(NC3CCC(CC(=O)OC(C)(C)C)CC3)nc12. The number of nitrogens with one attached hydrogen (secondary N) is 1. The number of aromatic nitrogens is 3. The molecule has 0 saturated heterocycles. The number of fused-ring (bicyclic) bond motifs is 1. The fourth-order valence-corrected chi connectivity index (χ4v) is 6.48. The molecule has 44 heavy (non-hydrogen) atoms. The fraction of sp³-hybridized carbons (Fsp3) is 0.533. The minimum atomic E-state index is -4.62. The highest BCUT2D eigenvalue weighted by atomic mass is 32.2. The van der Waals surface area contributed by atoms with Crippen molar-refractivity contribution in [2.24, 2.45) is 5.92 Å². The first-order valence-corrected chi connectivity index (χ1v) is 16.1. The topological polar surface area (TPSA) is 120 Å². The van der Waals surface area contributed by atoms with Crippen LogP contribution in [0, 0.1) is 11.7 Å². The fourth-order valence-electron chi connectivity index (χ4n) is 5.08. The van der Waals surface area contributed by atoms with Gasteiger partial charge in [0.15, 0.2) is 9.84 Å². The summed E-state index contributed by atoms with van der Waals surface area (Å²) in [7, 11) is -2.72. The second-order valence-corrected chi connectivity index (χ2v) is 14.2. The van der Waals surface area contributed by atoms with E-state index in [-0.39, 0.29) is 23.5 Å². The van der Waals surface area contributed by atoms with E-state index < -0.39 is 45.4 Å². The number of pyridine rings is 1. The Morgan fingerprint density at radius 3 is 2.39 bits per heavy atom. The van der Waals surface area contributed by atoms with Gasteiger partial charge < -0.3 is 14.8 Å². The molecule has 0 radical (unpaired) electrons. The molecule has 1 aromatic carbocycles. The van der Waals surface area contributed by atoms with Gasteiger partial charge in [0, 0.05) is 29.7 Å². The Labute approximate surface area is 253 Å². The number of rotatable bonds is 10. The van der Waals surface area contributed by atoms with Crippen LogP contribution in [0.25, 0.3) is 22.3 Å². The van der Waals surface area contributed by atoms with Crippen LogP contribution in [0.1, 0.15) is 64.9 Å². The van der Waals surface area contributed by atoms with Gasteiger partial charge in [0.1, 0.15) is 28.2 Å². The van der Waals surface area contributed by atoms with E-state index in [9.17, 15) is 30.8 Å². The molecule has 0 bridgehead atoms. The van der Waals surface area contributed by atoms with Gasteiger partial charge in [-0.1, -0.05) is 12.1 Å². The summed E-state index contributed by atoms with van der Waals surface area (Å²) < 4.78 is 87.4. The van der Waals surface area contributed by atoms with Gasteiger partial charge in [0.05, 0.1) is 36.9 Å². The van der Waals surface area contributed by atoms with Crippen LogP contribution in [0.2, 0.25) is 0 Å². The van der Waals surface area contributed by atoms with Gasteiger partial charge in [-0.15, -0.1) is 0 Å². The van der Waals surface area contributed by atoms with Crippen molar-refractivity contribution in [2.75, 3.05) is 18.2 Å². The normalized spacial score (nSPS) is 17.8. The van der Waals surface area contributed by atoms with Crippen LogP contribution < -0.4 is 10.1 Å². The Morgan fingerprint density at radius 1 is 1.07 bits per heavy atom. The molecule has 0 amide bonds. The number of sulfone groups is 1. The molecule has 0 aliphatic heterocycles. The molecule has 9 nitrogen and oxygen atoms in total. The van der Waals surface area contributed by atoms with Gasteiger partial charge in [-0.3, -0.25) is 4.79 Å². The monoisotopic (exact) mass is 640 g/mol. The average molecular weight is 641 g/mol. The number of nitrogens with zero attached hydrogens (tertiary/aromatic N) is 3. The highest BCUT2D eigenvalue weighted by molar-refractivity contribution is 7.90. The third-order valence-electron chi connectivity index (χ3n) is 7.21. The smallest absolute Gasteiger partial charge is 0.390 e. The Morgan fingerprint density at radius 2 is 1.77 bits per heavy atom. The summed E-state index contributed by atoms with van der Waals surface area (Å²) in [6.07, 6.45) is -0.783. The zero-order valence-electron chi connectivity index (χ0n) is 25.0. The standard InChI is InChI=1S/C30H36F4N4O5S/c1-29(2,3)43-26(39)13-18-5-9-21(10-6-18)36-28-35-16-24-27(38-28)25(42-4)15-23(37-24)19-7-8-20(22(31)14-19)17-44(40,41)12-11-30(32,33)34/h7-8,14-16,18,21H,5-6,9-13,17H2,1-4H3,(H,35,36,38). The summed E-state index contributed by atoms with van der Waals surface area (Å²) in [5.74, 6) is -2.01. The highest BCUT2D eigenvalue weighted by Crippen LogP contribution is 2.32. The Bertz CT molecular complexity index is 1600. The van der Waals surface area contributed by atoms with Crippen molar-refractivity contribution < 1.29 is 40.2 Å². The molecular weight excluding hydrogens is 604 g/mol. The number of benzene rings is 1. The van der Waals surface area contributed by atoms with Gasteiger partial charge in [-0.25, -0.2) is 27.8 Å². The van der Waals surface area contributed by atoms with Gasteiger partial charge in [0.2, 0.25) is 5.95 Å². The lowest BCUT2D eigenvalue weighted by Crippen LogP contribution is -2.30. The van der Waals surface area contributed by atoms with E-state index in [0.717, 1.165) is 31.7 Å². The molecule has 14 heteroatoms. The van der Waals surface area contributed by atoms with Crippen molar-refractivity contribution >= 4 is 32.8 Å². The minimum absolute atomic E-state index is 0.124. The number of alkyl halides is 3. The van der Waals surface area contributed by atoms with Gasteiger partial charge in [0.25, 0.3) is 0 Å². The number of methoxy groups -OCH3 is 1. The molecular formula is C30H36F4N4O5S. The summed E-state index contributed by atoms with van der Waals surface area (Å²) in [6, 6.07) is 5.44. The highest BCUT2D eigenvalue weighted by Gasteiger charge is 2.30. The zero-order chi connectivity index (χ0) is 32.3. The molecule has 1 aliphatic rings. The molecule has 1 fully saturated rings. The number of anilines is 1. The van der Waals surface area contributed by atoms with Crippen LogP contribution in [0.15, 0.2) is 30.5 Å². The third kappa shape index (κ3) is 9.47. The van der Waals surface area contributed by atoms with Crippen LogP contribution in [-0.2, 0) is 25.1 Å². The van der Waals surface area contributed by atoms with Crippen molar-refractivity contribution in [3.63, 3.8) is 0 Å². The number of ether oxygens (including phenoxy) is 2. The zero-order valence-corrected chi connectivity index (χ0v) is 25.8. The van der Waals surface area contributed by atoms with E-state index in [2.05, 4.69) is 20.3 Å². The summed E-state index contributed by atoms with van der Waals surface area (Å²) in [6.45, 7) is 5.56. The summed E-state index contributed by atoms with van der Waals surface area (Å²) in [4.78, 5) is 25.7. The molecule has 4 rings (SSSR count). The van der Waals surface area contributed by atoms with E-state index in [0.29, 0.717) is 40.4 Å². The molecule has 2 heterocycles. The van der Waals surface area contributed by atoms with Crippen molar-refractivity contribution in [3.05, 3.63) is 41.8 Å². The molecule has 1 N–H and O–H groups in total.